The van der Waals surface area contributed by atoms with Gasteiger partial charge >= 0.3 is 0 Å². The first-order valence-corrected chi connectivity index (χ1v) is 10.8. The molecular formula is C23H23ClN4O3. The van der Waals surface area contributed by atoms with Crippen molar-refractivity contribution in [1.82, 2.24) is 9.55 Å². The van der Waals surface area contributed by atoms with Crippen LogP contribution in [0.5, 0.6) is 0 Å². The van der Waals surface area contributed by atoms with Crippen LogP contribution in [-0.2, 0) is 14.3 Å². The molecule has 2 aliphatic rings. The van der Waals surface area contributed by atoms with Gasteiger partial charge in [-0.3, -0.25) is 19.1 Å². The van der Waals surface area contributed by atoms with Crippen LogP contribution < -0.4 is 10.2 Å². The molecule has 1 saturated heterocycles. The van der Waals surface area contributed by atoms with E-state index in [0.717, 1.165) is 29.4 Å². The lowest BCUT2D eigenvalue weighted by Crippen LogP contribution is -2.37. The second kappa shape index (κ2) is 7.98. The zero-order chi connectivity index (χ0) is 21.5. The average Bonchev–Trinajstić information content (AvgIpc) is 3.44. The molecule has 2 atom stereocenters. The Morgan fingerprint density at radius 3 is 2.90 bits per heavy atom. The highest BCUT2D eigenvalue weighted by Crippen LogP contribution is 2.37. The van der Waals surface area contributed by atoms with Crippen LogP contribution in [0.2, 0.25) is 5.02 Å². The third kappa shape index (κ3) is 3.68. The third-order valence-corrected chi connectivity index (χ3v) is 6.18. The van der Waals surface area contributed by atoms with Crippen molar-refractivity contribution < 1.29 is 14.3 Å². The van der Waals surface area contributed by atoms with Crippen LogP contribution in [-0.4, -0.2) is 40.6 Å². The van der Waals surface area contributed by atoms with Crippen molar-refractivity contribution in [2.45, 2.75) is 38.3 Å². The Kier molecular flexibility index (Phi) is 5.16. The van der Waals surface area contributed by atoms with Crippen molar-refractivity contribution in [1.29, 1.82) is 0 Å². The minimum absolute atomic E-state index is 0.00157. The maximum absolute atomic E-state index is 13.4. The minimum atomic E-state index is -0.659. The number of imidazole rings is 1. The predicted octanol–water partition coefficient (Wildman–Crippen LogP) is 4.09. The molecule has 7 nitrogen and oxygen atoms in total. The number of aromatic nitrogens is 2. The molecule has 0 saturated carbocycles. The second-order valence-corrected chi connectivity index (χ2v) is 8.51. The summed E-state index contributed by atoms with van der Waals surface area (Å²) in [6, 6.07) is 12.5. The summed E-state index contributed by atoms with van der Waals surface area (Å²) in [5.41, 5.74) is 3.18. The number of nitrogens with one attached hydrogen (secondary N) is 1. The van der Waals surface area contributed by atoms with Crippen LogP contribution in [0.15, 0.2) is 42.5 Å². The Morgan fingerprint density at radius 2 is 2.13 bits per heavy atom. The molecule has 8 heteroatoms. The standard InChI is InChI=1S/C23H23ClN4O3/c1-14-8-9-17(16(24)11-14)25-21(29)12-20-22(30)27(13-15-5-4-10-31-15)23-26-18-6-2-3-7-19(18)28(20)23/h2-3,6-9,11,15,20H,4-5,10,12-13H2,1H3,(H,25,29)/t15-,20-/m0/s1. The number of nitrogens with zero attached hydrogens (tertiary/aromatic N) is 3. The number of ether oxygens (including phenoxy) is 1. The lowest BCUT2D eigenvalue weighted by Gasteiger charge is -2.19. The first kappa shape index (κ1) is 20.0. The molecule has 1 fully saturated rings. The Hall–Kier alpha value is -2.90. The minimum Gasteiger partial charge on any atom is -0.376 e. The number of halogens is 1. The second-order valence-electron chi connectivity index (χ2n) is 8.11. The number of para-hydroxylation sites is 2. The first-order valence-electron chi connectivity index (χ1n) is 10.5. The van der Waals surface area contributed by atoms with E-state index in [9.17, 15) is 9.59 Å². The highest BCUT2D eigenvalue weighted by molar-refractivity contribution is 6.33. The summed E-state index contributed by atoms with van der Waals surface area (Å²) >= 11 is 6.26. The van der Waals surface area contributed by atoms with Gasteiger partial charge in [-0.05, 0) is 49.6 Å². The van der Waals surface area contributed by atoms with Crippen LogP contribution >= 0.6 is 11.6 Å². The van der Waals surface area contributed by atoms with Gasteiger partial charge in [-0.1, -0.05) is 29.8 Å². The summed E-state index contributed by atoms with van der Waals surface area (Å²) in [6.45, 7) is 3.10. The molecular weight excluding hydrogens is 416 g/mol. The van der Waals surface area contributed by atoms with Gasteiger partial charge in [0.1, 0.15) is 6.04 Å². The number of anilines is 2. The molecule has 0 unspecified atom stereocenters. The summed E-state index contributed by atoms with van der Waals surface area (Å²) < 4.78 is 7.62. The third-order valence-electron chi connectivity index (χ3n) is 5.87. The number of carbonyl (C=O) groups excluding carboxylic acids is 2. The lowest BCUT2D eigenvalue weighted by atomic mass is 10.1. The summed E-state index contributed by atoms with van der Waals surface area (Å²) in [7, 11) is 0. The normalized spacial score (nSPS) is 20.5. The fourth-order valence-corrected chi connectivity index (χ4v) is 4.64. The van der Waals surface area contributed by atoms with E-state index >= 15 is 0 Å². The van der Waals surface area contributed by atoms with E-state index in [1.807, 2.05) is 41.8 Å². The molecule has 160 valence electrons. The Morgan fingerprint density at radius 1 is 1.29 bits per heavy atom. The summed E-state index contributed by atoms with van der Waals surface area (Å²) in [4.78, 5) is 32.6. The molecule has 1 N–H and O–H groups in total. The Labute approximate surface area is 184 Å². The van der Waals surface area contributed by atoms with Crippen molar-refractivity contribution in [3.8, 4) is 0 Å². The van der Waals surface area contributed by atoms with Gasteiger partial charge in [-0.2, -0.15) is 0 Å². The Balaban J connectivity index is 1.44. The number of hydrogen-bond acceptors (Lipinski definition) is 4. The van der Waals surface area contributed by atoms with Crippen LogP contribution in [0.4, 0.5) is 11.6 Å². The van der Waals surface area contributed by atoms with E-state index in [0.29, 0.717) is 29.8 Å². The smallest absolute Gasteiger partial charge is 0.253 e. The molecule has 2 aliphatic heterocycles. The van der Waals surface area contributed by atoms with Crippen molar-refractivity contribution in [3.05, 3.63) is 53.1 Å². The van der Waals surface area contributed by atoms with Gasteiger partial charge in [0, 0.05) is 6.61 Å². The van der Waals surface area contributed by atoms with Crippen molar-refractivity contribution in [2.75, 3.05) is 23.4 Å². The Bertz CT molecular complexity index is 1170. The maximum Gasteiger partial charge on any atom is 0.253 e. The van der Waals surface area contributed by atoms with E-state index in [1.165, 1.54) is 0 Å². The fraction of sp³-hybridized carbons (Fsp3) is 0.348. The molecule has 0 radical (unpaired) electrons. The molecule has 0 spiro atoms. The molecule has 2 amide bonds. The molecule has 1 aromatic heterocycles. The molecule has 31 heavy (non-hydrogen) atoms. The highest BCUT2D eigenvalue weighted by atomic mass is 35.5. The highest BCUT2D eigenvalue weighted by Gasteiger charge is 2.42. The topological polar surface area (TPSA) is 76.5 Å². The van der Waals surface area contributed by atoms with Crippen molar-refractivity contribution in [3.63, 3.8) is 0 Å². The fourth-order valence-electron chi connectivity index (χ4n) is 4.36. The number of carbonyl (C=O) groups is 2. The van der Waals surface area contributed by atoms with Gasteiger partial charge in [0.25, 0.3) is 5.91 Å². The summed E-state index contributed by atoms with van der Waals surface area (Å²) in [5, 5.41) is 3.32. The van der Waals surface area contributed by atoms with E-state index in [1.54, 1.807) is 17.0 Å². The van der Waals surface area contributed by atoms with Gasteiger partial charge in [0.2, 0.25) is 11.9 Å². The van der Waals surface area contributed by atoms with Crippen LogP contribution in [0.3, 0.4) is 0 Å². The zero-order valence-corrected chi connectivity index (χ0v) is 17.9. The number of hydrogen-bond donors (Lipinski definition) is 1. The zero-order valence-electron chi connectivity index (χ0n) is 17.2. The SMILES string of the molecule is Cc1ccc(NC(=O)C[C@H]2C(=O)N(C[C@@H]3CCCO3)c3nc4ccccc4n32)c(Cl)c1. The van der Waals surface area contributed by atoms with E-state index in [2.05, 4.69) is 5.32 Å². The number of rotatable bonds is 5. The quantitative estimate of drug-likeness (QED) is 0.650. The van der Waals surface area contributed by atoms with Gasteiger partial charge in [-0.15, -0.1) is 0 Å². The van der Waals surface area contributed by atoms with Gasteiger partial charge in [0.05, 0.1) is 40.8 Å². The number of aryl methyl sites for hydroxylation is 1. The largest absolute Gasteiger partial charge is 0.376 e. The van der Waals surface area contributed by atoms with Gasteiger partial charge < -0.3 is 10.1 Å². The molecule has 3 heterocycles. The van der Waals surface area contributed by atoms with Crippen molar-refractivity contribution in [2.24, 2.45) is 0 Å². The van der Waals surface area contributed by atoms with Gasteiger partial charge in [-0.25, -0.2) is 4.98 Å². The maximum atomic E-state index is 13.4. The van der Waals surface area contributed by atoms with Crippen molar-refractivity contribution >= 4 is 46.1 Å². The first-order chi connectivity index (χ1) is 15.0. The van der Waals surface area contributed by atoms with E-state index in [-0.39, 0.29) is 24.3 Å². The monoisotopic (exact) mass is 438 g/mol. The lowest BCUT2D eigenvalue weighted by molar-refractivity contribution is -0.124. The number of benzene rings is 2. The molecule has 3 aromatic rings. The number of amides is 2. The van der Waals surface area contributed by atoms with Crippen LogP contribution in [0.25, 0.3) is 11.0 Å². The molecule has 0 aliphatic carbocycles. The van der Waals surface area contributed by atoms with Crippen LogP contribution in [0.1, 0.15) is 30.9 Å². The molecule has 2 aromatic carbocycles. The average molecular weight is 439 g/mol. The van der Waals surface area contributed by atoms with E-state index < -0.39 is 6.04 Å². The van der Waals surface area contributed by atoms with E-state index in [4.69, 9.17) is 21.3 Å². The van der Waals surface area contributed by atoms with Crippen LogP contribution in [0, 0.1) is 6.92 Å². The molecule has 5 rings (SSSR count). The summed E-state index contributed by atoms with van der Waals surface area (Å²) in [5.74, 6) is 0.175. The molecule has 0 bridgehead atoms. The predicted molar refractivity (Wildman–Crippen MR) is 120 cm³/mol. The van der Waals surface area contributed by atoms with Gasteiger partial charge in [0.15, 0.2) is 0 Å². The summed E-state index contributed by atoms with van der Waals surface area (Å²) in [6.07, 6.45) is 1.90. The number of fused-ring (bicyclic) bond motifs is 3.